The summed E-state index contributed by atoms with van der Waals surface area (Å²) in [5, 5.41) is 0. The Bertz CT molecular complexity index is 266. The zero-order chi connectivity index (χ0) is 11.1. The lowest BCUT2D eigenvalue weighted by molar-refractivity contribution is -0.185. The molecule has 0 saturated heterocycles. The van der Waals surface area contributed by atoms with E-state index in [1.54, 1.807) is 6.92 Å². The van der Waals surface area contributed by atoms with E-state index < -0.39 is 11.6 Å². The van der Waals surface area contributed by atoms with E-state index in [-0.39, 0.29) is 11.4 Å². The normalized spacial score (nSPS) is 43.3. The van der Waals surface area contributed by atoms with Crippen molar-refractivity contribution in [1.29, 1.82) is 0 Å². The van der Waals surface area contributed by atoms with Gasteiger partial charge in [0.05, 0.1) is 12.0 Å². The van der Waals surface area contributed by atoms with Crippen LogP contribution in [0.4, 0.5) is 4.39 Å². The van der Waals surface area contributed by atoms with Crippen LogP contribution in [0.1, 0.15) is 32.6 Å². The van der Waals surface area contributed by atoms with Crippen LogP contribution in [0.3, 0.4) is 0 Å². The van der Waals surface area contributed by atoms with Gasteiger partial charge in [0.2, 0.25) is 0 Å². The largest absolute Gasteiger partial charge is 0.466 e. The number of hydrogen-bond donors (Lipinski definition) is 1. The Balaban J connectivity index is 1.94. The van der Waals surface area contributed by atoms with Crippen LogP contribution in [-0.4, -0.2) is 25.3 Å². The summed E-state index contributed by atoms with van der Waals surface area (Å²) in [7, 11) is 0. The van der Waals surface area contributed by atoms with Crippen molar-refractivity contribution in [2.45, 2.75) is 38.8 Å². The standard InChI is InChI=1S/C11H18FNO2/c1-2-15-9(14)11(7-13)5-10(6-11)3-8(12)4-10/h8H,2-7,13H2,1H3. The topological polar surface area (TPSA) is 52.3 Å². The van der Waals surface area contributed by atoms with Crippen molar-refractivity contribution < 1.29 is 13.9 Å². The van der Waals surface area contributed by atoms with E-state index in [1.807, 2.05) is 0 Å². The molecule has 86 valence electrons. The van der Waals surface area contributed by atoms with E-state index in [4.69, 9.17) is 10.5 Å². The van der Waals surface area contributed by atoms with Gasteiger partial charge in [-0.1, -0.05) is 0 Å². The van der Waals surface area contributed by atoms with Gasteiger partial charge in [-0.05, 0) is 38.0 Å². The maximum atomic E-state index is 12.8. The van der Waals surface area contributed by atoms with Gasteiger partial charge in [0.15, 0.2) is 0 Å². The van der Waals surface area contributed by atoms with E-state index in [9.17, 15) is 9.18 Å². The molecule has 3 nitrogen and oxygen atoms in total. The highest BCUT2D eigenvalue weighted by atomic mass is 19.1. The second kappa shape index (κ2) is 3.44. The second-order valence-corrected chi connectivity index (χ2v) is 5.06. The quantitative estimate of drug-likeness (QED) is 0.724. The smallest absolute Gasteiger partial charge is 0.313 e. The Morgan fingerprint density at radius 3 is 2.53 bits per heavy atom. The molecule has 2 fully saturated rings. The number of ether oxygens (including phenoxy) is 1. The third kappa shape index (κ3) is 1.55. The molecule has 15 heavy (non-hydrogen) atoms. The first-order valence-electron chi connectivity index (χ1n) is 5.57. The molecule has 0 heterocycles. The minimum atomic E-state index is -0.664. The Morgan fingerprint density at radius 1 is 1.53 bits per heavy atom. The predicted molar refractivity (Wildman–Crippen MR) is 53.9 cm³/mol. The summed E-state index contributed by atoms with van der Waals surface area (Å²) in [5.74, 6) is -0.194. The number of nitrogens with two attached hydrogens (primary N) is 1. The average molecular weight is 215 g/mol. The molecule has 2 aliphatic rings. The third-order valence-electron chi connectivity index (χ3n) is 3.83. The van der Waals surface area contributed by atoms with Crippen LogP contribution in [-0.2, 0) is 9.53 Å². The summed E-state index contributed by atoms with van der Waals surface area (Å²) in [6.07, 6.45) is 1.98. The van der Waals surface area contributed by atoms with Gasteiger partial charge in [0, 0.05) is 6.54 Å². The maximum absolute atomic E-state index is 12.8. The molecular formula is C11H18FNO2. The minimum Gasteiger partial charge on any atom is -0.466 e. The molecule has 0 unspecified atom stereocenters. The molecule has 4 heteroatoms. The molecule has 0 aliphatic heterocycles. The van der Waals surface area contributed by atoms with Crippen molar-refractivity contribution >= 4 is 5.97 Å². The summed E-state index contributed by atoms with van der Waals surface area (Å²) in [4.78, 5) is 11.7. The van der Waals surface area contributed by atoms with Crippen molar-refractivity contribution in [3.05, 3.63) is 0 Å². The van der Waals surface area contributed by atoms with E-state index in [0.29, 0.717) is 26.0 Å². The summed E-state index contributed by atoms with van der Waals surface area (Å²) >= 11 is 0. The van der Waals surface area contributed by atoms with E-state index >= 15 is 0 Å². The predicted octanol–water partition coefficient (Wildman–Crippen LogP) is 1.41. The lowest BCUT2D eigenvalue weighted by Gasteiger charge is -2.60. The molecule has 0 aromatic rings. The van der Waals surface area contributed by atoms with Gasteiger partial charge in [-0.25, -0.2) is 4.39 Å². The van der Waals surface area contributed by atoms with Gasteiger partial charge in [-0.2, -0.15) is 0 Å². The fourth-order valence-corrected chi connectivity index (χ4v) is 3.21. The van der Waals surface area contributed by atoms with Crippen molar-refractivity contribution in [2.75, 3.05) is 13.2 Å². The van der Waals surface area contributed by atoms with E-state index in [2.05, 4.69) is 0 Å². The molecule has 2 rings (SSSR count). The van der Waals surface area contributed by atoms with Crippen molar-refractivity contribution in [3.63, 3.8) is 0 Å². The van der Waals surface area contributed by atoms with Gasteiger partial charge < -0.3 is 10.5 Å². The Hall–Kier alpha value is -0.640. The third-order valence-corrected chi connectivity index (χ3v) is 3.83. The van der Waals surface area contributed by atoms with Crippen molar-refractivity contribution in [1.82, 2.24) is 0 Å². The summed E-state index contributed by atoms with van der Waals surface area (Å²) in [6.45, 7) is 2.50. The van der Waals surface area contributed by atoms with Gasteiger partial charge in [0.25, 0.3) is 0 Å². The SMILES string of the molecule is CCOC(=O)C1(CN)CC2(CC(F)C2)C1. The molecule has 2 aliphatic carbocycles. The maximum Gasteiger partial charge on any atom is 0.313 e. The number of hydrogen-bond acceptors (Lipinski definition) is 3. The fraction of sp³-hybridized carbons (Fsp3) is 0.909. The number of rotatable bonds is 3. The van der Waals surface area contributed by atoms with Crippen LogP contribution in [0, 0.1) is 10.8 Å². The summed E-state index contributed by atoms with van der Waals surface area (Å²) in [5.41, 5.74) is 5.21. The highest BCUT2D eigenvalue weighted by Crippen LogP contribution is 2.65. The monoisotopic (exact) mass is 215 g/mol. The van der Waals surface area contributed by atoms with Crippen molar-refractivity contribution in [3.8, 4) is 0 Å². The van der Waals surface area contributed by atoms with Crippen LogP contribution >= 0.6 is 0 Å². The molecule has 2 saturated carbocycles. The number of halogens is 1. The number of alkyl halides is 1. The van der Waals surface area contributed by atoms with Gasteiger partial charge in [-0.15, -0.1) is 0 Å². The highest BCUT2D eigenvalue weighted by Gasteiger charge is 2.63. The Morgan fingerprint density at radius 2 is 2.13 bits per heavy atom. The number of esters is 1. The molecule has 0 amide bonds. The Labute approximate surface area is 89.2 Å². The average Bonchev–Trinajstić information content (AvgIpc) is 2.09. The van der Waals surface area contributed by atoms with Crippen LogP contribution in [0.2, 0.25) is 0 Å². The summed E-state index contributed by atoms with van der Waals surface area (Å²) in [6, 6.07) is 0. The van der Waals surface area contributed by atoms with Crippen LogP contribution < -0.4 is 5.73 Å². The number of carbonyl (C=O) groups excluding carboxylic acids is 1. The minimum absolute atomic E-state index is 0.0749. The molecule has 1 spiro atoms. The van der Waals surface area contributed by atoms with Gasteiger partial charge >= 0.3 is 5.97 Å². The first-order chi connectivity index (χ1) is 7.06. The van der Waals surface area contributed by atoms with Crippen LogP contribution in [0.25, 0.3) is 0 Å². The Kier molecular flexibility index (Phi) is 2.49. The van der Waals surface area contributed by atoms with Gasteiger partial charge in [-0.3, -0.25) is 4.79 Å². The molecule has 0 radical (unpaired) electrons. The van der Waals surface area contributed by atoms with Gasteiger partial charge in [0.1, 0.15) is 6.17 Å². The van der Waals surface area contributed by atoms with Crippen LogP contribution in [0.15, 0.2) is 0 Å². The molecule has 2 N–H and O–H groups in total. The number of carbonyl (C=O) groups is 1. The fourth-order valence-electron chi connectivity index (χ4n) is 3.21. The van der Waals surface area contributed by atoms with E-state index in [1.165, 1.54) is 0 Å². The van der Waals surface area contributed by atoms with Crippen LogP contribution in [0.5, 0.6) is 0 Å². The lowest BCUT2D eigenvalue weighted by Crippen LogP contribution is -2.60. The summed E-state index contributed by atoms with van der Waals surface area (Å²) < 4.78 is 17.8. The zero-order valence-electron chi connectivity index (χ0n) is 9.09. The molecule has 0 bridgehead atoms. The molecule has 0 aromatic heterocycles. The second-order valence-electron chi connectivity index (χ2n) is 5.06. The highest BCUT2D eigenvalue weighted by molar-refractivity contribution is 5.79. The molecular weight excluding hydrogens is 197 g/mol. The lowest BCUT2D eigenvalue weighted by atomic mass is 9.44. The van der Waals surface area contributed by atoms with E-state index in [0.717, 1.165) is 12.8 Å². The molecule has 0 aromatic carbocycles. The van der Waals surface area contributed by atoms with Crippen molar-refractivity contribution in [2.24, 2.45) is 16.6 Å². The first kappa shape index (κ1) is 10.9. The first-order valence-corrected chi connectivity index (χ1v) is 5.57. The zero-order valence-corrected chi connectivity index (χ0v) is 9.09. The molecule has 0 atom stereocenters.